The molecule has 0 radical (unpaired) electrons. The van der Waals surface area contributed by atoms with Gasteiger partial charge in [0.25, 0.3) is 0 Å². The number of anilines is 2. The molecule has 0 fully saturated rings. The number of benzene rings is 1. The first-order valence-electron chi connectivity index (χ1n) is 6.97. The van der Waals surface area contributed by atoms with Crippen molar-refractivity contribution in [1.82, 2.24) is 15.2 Å². The monoisotopic (exact) mass is 287 g/mol. The van der Waals surface area contributed by atoms with Crippen molar-refractivity contribution in [2.24, 2.45) is 0 Å². The zero-order valence-corrected chi connectivity index (χ0v) is 12.5. The van der Waals surface area contributed by atoms with Gasteiger partial charge in [0, 0.05) is 33.9 Å². The molecule has 1 heterocycles. The summed E-state index contributed by atoms with van der Waals surface area (Å²) >= 11 is 0. The molecule has 0 aliphatic heterocycles. The Bertz CT molecular complexity index is 535. The lowest BCUT2D eigenvalue weighted by atomic mass is 10.2. The average molecular weight is 287 g/mol. The van der Waals surface area contributed by atoms with E-state index in [2.05, 4.69) is 32.6 Å². The highest BCUT2D eigenvalue weighted by Crippen LogP contribution is 2.11. The van der Waals surface area contributed by atoms with Crippen LogP contribution in [-0.2, 0) is 11.3 Å². The van der Waals surface area contributed by atoms with Crippen molar-refractivity contribution in [3.63, 3.8) is 0 Å². The zero-order valence-electron chi connectivity index (χ0n) is 12.5. The molecule has 0 aliphatic carbocycles. The Morgan fingerprint density at radius 3 is 2.81 bits per heavy atom. The van der Waals surface area contributed by atoms with Crippen LogP contribution in [0, 0.1) is 0 Å². The highest BCUT2D eigenvalue weighted by molar-refractivity contribution is 5.39. The molecule has 1 N–H and O–H groups in total. The summed E-state index contributed by atoms with van der Waals surface area (Å²) in [6, 6.07) is 10.2. The van der Waals surface area contributed by atoms with E-state index >= 15 is 0 Å². The van der Waals surface area contributed by atoms with E-state index in [-0.39, 0.29) is 0 Å². The van der Waals surface area contributed by atoms with Gasteiger partial charge in [-0.2, -0.15) is 10.1 Å². The van der Waals surface area contributed by atoms with Gasteiger partial charge in [-0.25, -0.2) is 0 Å². The molecule has 6 nitrogen and oxygen atoms in total. The number of ether oxygens (including phenoxy) is 1. The molecular weight excluding hydrogens is 266 g/mol. The molecule has 2 aromatic rings. The fraction of sp³-hybridized carbons (Fsp3) is 0.400. The summed E-state index contributed by atoms with van der Waals surface area (Å²) in [4.78, 5) is 6.44. The molecule has 0 bridgehead atoms. The van der Waals surface area contributed by atoms with Gasteiger partial charge in [0.15, 0.2) is 5.82 Å². The first kappa shape index (κ1) is 15.2. The van der Waals surface area contributed by atoms with E-state index in [4.69, 9.17) is 4.74 Å². The molecule has 1 aromatic heterocycles. The average Bonchev–Trinajstić information content (AvgIpc) is 2.53. The summed E-state index contributed by atoms with van der Waals surface area (Å²) in [7, 11) is 3.65. The molecule has 0 unspecified atom stereocenters. The lowest BCUT2D eigenvalue weighted by Gasteiger charge is -2.17. The Kier molecular flexibility index (Phi) is 5.90. The molecule has 0 aliphatic rings. The van der Waals surface area contributed by atoms with Crippen molar-refractivity contribution in [2.75, 3.05) is 37.5 Å². The third-order valence-electron chi connectivity index (χ3n) is 2.98. The van der Waals surface area contributed by atoms with Gasteiger partial charge in [0.2, 0.25) is 5.95 Å². The first-order chi connectivity index (χ1) is 10.3. The van der Waals surface area contributed by atoms with Crippen LogP contribution < -0.4 is 10.2 Å². The number of hydrogen-bond acceptors (Lipinski definition) is 6. The SMILES string of the molecule is COCCCNc1cnnc(N(C)Cc2ccccc2)n1. The van der Waals surface area contributed by atoms with Gasteiger partial charge in [-0.05, 0) is 12.0 Å². The molecule has 0 atom stereocenters. The largest absolute Gasteiger partial charge is 0.385 e. The van der Waals surface area contributed by atoms with Gasteiger partial charge in [0.1, 0.15) is 0 Å². The van der Waals surface area contributed by atoms with Crippen LogP contribution in [0.25, 0.3) is 0 Å². The fourth-order valence-electron chi connectivity index (χ4n) is 1.90. The van der Waals surface area contributed by atoms with E-state index in [9.17, 15) is 0 Å². The molecule has 112 valence electrons. The van der Waals surface area contributed by atoms with Gasteiger partial charge in [-0.15, -0.1) is 5.10 Å². The number of nitrogens with one attached hydrogen (secondary N) is 1. The number of aromatic nitrogens is 3. The van der Waals surface area contributed by atoms with E-state index in [1.165, 1.54) is 5.56 Å². The highest BCUT2D eigenvalue weighted by atomic mass is 16.5. The Balaban J connectivity index is 1.93. The van der Waals surface area contributed by atoms with Gasteiger partial charge in [0.05, 0.1) is 6.20 Å². The van der Waals surface area contributed by atoms with Gasteiger partial charge in [-0.3, -0.25) is 0 Å². The normalized spacial score (nSPS) is 10.4. The Labute approximate surface area is 125 Å². The van der Waals surface area contributed by atoms with E-state index in [1.54, 1.807) is 13.3 Å². The number of hydrogen-bond donors (Lipinski definition) is 1. The highest BCUT2D eigenvalue weighted by Gasteiger charge is 2.07. The first-order valence-corrected chi connectivity index (χ1v) is 6.97. The molecule has 0 saturated heterocycles. The van der Waals surface area contributed by atoms with Crippen molar-refractivity contribution in [3.05, 3.63) is 42.1 Å². The predicted octanol–water partition coefficient (Wildman–Crippen LogP) is 1.96. The summed E-state index contributed by atoms with van der Waals surface area (Å²) < 4.78 is 5.01. The topological polar surface area (TPSA) is 63.2 Å². The minimum absolute atomic E-state index is 0.607. The maximum Gasteiger partial charge on any atom is 0.247 e. The van der Waals surface area contributed by atoms with Crippen molar-refractivity contribution in [1.29, 1.82) is 0 Å². The number of rotatable bonds is 8. The third kappa shape index (κ3) is 5.00. The summed E-state index contributed by atoms with van der Waals surface area (Å²) in [5.41, 5.74) is 1.21. The Morgan fingerprint density at radius 1 is 1.24 bits per heavy atom. The molecule has 21 heavy (non-hydrogen) atoms. The van der Waals surface area contributed by atoms with Crippen molar-refractivity contribution >= 4 is 11.8 Å². The van der Waals surface area contributed by atoms with Gasteiger partial charge >= 0.3 is 0 Å². The predicted molar refractivity (Wildman–Crippen MR) is 83.4 cm³/mol. The quantitative estimate of drug-likeness (QED) is 0.749. The minimum Gasteiger partial charge on any atom is -0.385 e. The maximum absolute atomic E-state index is 5.01. The molecule has 0 amide bonds. The summed E-state index contributed by atoms with van der Waals surface area (Å²) in [5.74, 6) is 1.34. The fourth-order valence-corrected chi connectivity index (χ4v) is 1.90. The van der Waals surface area contributed by atoms with E-state index < -0.39 is 0 Å². The van der Waals surface area contributed by atoms with Crippen LogP contribution in [0.3, 0.4) is 0 Å². The second kappa shape index (κ2) is 8.16. The number of methoxy groups -OCH3 is 1. The van der Waals surface area contributed by atoms with Crippen LogP contribution >= 0.6 is 0 Å². The molecule has 0 saturated carbocycles. The molecule has 1 aromatic carbocycles. The summed E-state index contributed by atoms with van der Waals surface area (Å²) in [5, 5.41) is 11.3. The van der Waals surface area contributed by atoms with Crippen LogP contribution in [0.4, 0.5) is 11.8 Å². The second-order valence-corrected chi connectivity index (χ2v) is 4.76. The van der Waals surface area contributed by atoms with Crippen molar-refractivity contribution in [3.8, 4) is 0 Å². The number of nitrogens with zero attached hydrogens (tertiary/aromatic N) is 4. The van der Waals surface area contributed by atoms with Crippen LogP contribution in [0.2, 0.25) is 0 Å². The van der Waals surface area contributed by atoms with Gasteiger partial charge < -0.3 is 15.0 Å². The third-order valence-corrected chi connectivity index (χ3v) is 2.98. The van der Waals surface area contributed by atoms with Crippen LogP contribution in [0.5, 0.6) is 0 Å². The smallest absolute Gasteiger partial charge is 0.247 e. The van der Waals surface area contributed by atoms with E-state index in [1.807, 2.05) is 30.1 Å². The second-order valence-electron chi connectivity index (χ2n) is 4.76. The van der Waals surface area contributed by atoms with Gasteiger partial charge in [-0.1, -0.05) is 30.3 Å². The minimum atomic E-state index is 0.607. The van der Waals surface area contributed by atoms with E-state index in [0.717, 1.165) is 31.9 Å². The summed E-state index contributed by atoms with van der Waals surface area (Å²) in [6.07, 6.45) is 2.56. The maximum atomic E-state index is 5.01. The van der Waals surface area contributed by atoms with Crippen molar-refractivity contribution in [2.45, 2.75) is 13.0 Å². The molecule has 2 rings (SSSR count). The lowest BCUT2D eigenvalue weighted by molar-refractivity contribution is 0.197. The van der Waals surface area contributed by atoms with E-state index in [0.29, 0.717) is 5.95 Å². The Hall–Kier alpha value is -2.21. The Morgan fingerprint density at radius 2 is 2.05 bits per heavy atom. The van der Waals surface area contributed by atoms with Crippen molar-refractivity contribution < 1.29 is 4.74 Å². The molecule has 0 spiro atoms. The standard InChI is InChI=1S/C15H21N5O/c1-20(12-13-7-4-3-5-8-13)15-18-14(11-17-19-15)16-9-6-10-21-2/h3-5,7-8,11H,6,9-10,12H2,1-2H3,(H,16,18,19). The molecular formula is C15H21N5O. The zero-order chi connectivity index (χ0) is 14.9. The lowest BCUT2D eigenvalue weighted by Crippen LogP contribution is -2.20. The summed E-state index contributed by atoms with van der Waals surface area (Å²) in [6.45, 7) is 2.27. The molecule has 6 heteroatoms. The van der Waals surface area contributed by atoms with Crippen LogP contribution in [0.15, 0.2) is 36.5 Å². The van der Waals surface area contributed by atoms with Crippen LogP contribution in [-0.4, -0.2) is 42.5 Å². The van der Waals surface area contributed by atoms with Crippen LogP contribution in [0.1, 0.15) is 12.0 Å².